The first kappa shape index (κ1) is 26.5. The van der Waals surface area contributed by atoms with E-state index >= 15 is 0 Å². The van der Waals surface area contributed by atoms with E-state index in [9.17, 15) is 23.5 Å². The van der Waals surface area contributed by atoms with Crippen molar-refractivity contribution in [2.24, 2.45) is 5.41 Å². The minimum atomic E-state index is -1.15. The number of aliphatic hydroxyl groups excluding tert-OH is 2. The van der Waals surface area contributed by atoms with Crippen LogP contribution in [-0.2, 0) is 11.3 Å². The largest absolute Gasteiger partial charge is 0.394 e. The Bertz CT molecular complexity index is 1220. The molecule has 0 spiro atoms. The smallest absolute Gasteiger partial charge is 0.273 e. The minimum absolute atomic E-state index is 0.0340. The van der Waals surface area contributed by atoms with Gasteiger partial charge >= 0.3 is 0 Å². The second kappa shape index (κ2) is 10.7. The Hall–Kier alpha value is -3.08. The van der Waals surface area contributed by atoms with Crippen molar-refractivity contribution in [3.8, 4) is 0 Å². The molecule has 0 unspecified atom stereocenters. The van der Waals surface area contributed by atoms with E-state index in [2.05, 4.69) is 15.7 Å². The van der Waals surface area contributed by atoms with Crippen molar-refractivity contribution in [2.75, 3.05) is 13.2 Å². The highest BCUT2D eigenvalue weighted by molar-refractivity contribution is 6.31. The fourth-order valence-corrected chi connectivity index (χ4v) is 3.74. The van der Waals surface area contributed by atoms with Crippen molar-refractivity contribution in [2.45, 2.75) is 39.5 Å². The van der Waals surface area contributed by atoms with Gasteiger partial charge in [-0.1, -0.05) is 44.5 Å². The summed E-state index contributed by atoms with van der Waals surface area (Å²) >= 11 is 6.04. The predicted molar refractivity (Wildman–Crippen MR) is 127 cm³/mol. The number of benzene rings is 2. The van der Waals surface area contributed by atoms with Crippen molar-refractivity contribution in [3.05, 3.63) is 64.3 Å². The summed E-state index contributed by atoms with van der Waals surface area (Å²) in [5.41, 5.74) is -0.210. The number of amides is 2. The first-order valence-electron chi connectivity index (χ1n) is 10.9. The number of hydrogen-bond acceptors (Lipinski definition) is 5. The molecule has 0 saturated heterocycles. The molecule has 2 amide bonds. The molecule has 0 radical (unpaired) electrons. The van der Waals surface area contributed by atoms with Gasteiger partial charge in [-0.15, -0.1) is 0 Å². The first-order chi connectivity index (χ1) is 16.4. The van der Waals surface area contributed by atoms with E-state index in [1.165, 1.54) is 35.0 Å². The molecule has 11 heteroatoms. The van der Waals surface area contributed by atoms with Gasteiger partial charge in [-0.2, -0.15) is 5.10 Å². The zero-order chi connectivity index (χ0) is 25.9. The van der Waals surface area contributed by atoms with Crippen LogP contribution >= 0.6 is 11.6 Å². The SMILES string of the molecule is CC(C)(C)[C@H](NC(=O)c1nn(Cc2ccc(F)cc2)c2c(F)cc(Cl)cc12)C(=O)NC[C@H](O)CO. The monoisotopic (exact) mass is 508 g/mol. The van der Waals surface area contributed by atoms with Crippen LogP contribution < -0.4 is 10.6 Å². The molecule has 0 aliphatic carbocycles. The molecule has 2 aromatic carbocycles. The number of fused-ring (bicyclic) bond motifs is 1. The van der Waals surface area contributed by atoms with Crippen molar-refractivity contribution in [1.29, 1.82) is 0 Å². The van der Waals surface area contributed by atoms with Crippen LogP contribution in [0.15, 0.2) is 36.4 Å². The lowest BCUT2D eigenvalue weighted by atomic mass is 9.86. The molecule has 1 heterocycles. The lowest BCUT2D eigenvalue weighted by Gasteiger charge is -2.30. The summed E-state index contributed by atoms with van der Waals surface area (Å²) in [6.45, 7) is 4.54. The Balaban J connectivity index is 1.97. The normalized spacial score (nSPS) is 13.5. The summed E-state index contributed by atoms with van der Waals surface area (Å²) in [5, 5.41) is 28.1. The van der Waals surface area contributed by atoms with E-state index in [1.807, 2.05) is 0 Å². The Morgan fingerprint density at radius 2 is 1.83 bits per heavy atom. The summed E-state index contributed by atoms with van der Waals surface area (Å²) in [5.74, 6) is -2.41. The van der Waals surface area contributed by atoms with Crippen LogP contribution in [0.4, 0.5) is 8.78 Å². The molecule has 0 bridgehead atoms. The van der Waals surface area contributed by atoms with Gasteiger partial charge in [0, 0.05) is 17.0 Å². The third-order valence-corrected chi connectivity index (χ3v) is 5.57. The van der Waals surface area contributed by atoms with Crippen LogP contribution in [0.5, 0.6) is 0 Å². The maximum atomic E-state index is 14.9. The van der Waals surface area contributed by atoms with Crippen molar-refractivity contribution < 1.29 is 28.6 Å². The molecule has 2 atom stereocenters. The number of halogens is 3. The molecule has 4 N–H and O–H groups in total. The predicted octanol–water partition coefficient (Wildman–Crippen LogP) is 2.63. The van der Waals surface area contributed by atoms with Gasteiger partial charge in [0.05, 0.1) is 19.3 Å². The number of hydrogen-bond donors (Lipinski definition) is 4. The highest BCUT2D eigenvalue weighted by atomic mass is 35.5. The molecule has 0 aliphatic rings. The van der Waals surface area contributed by atoms with Gasteiger partial charge in [0.25, 0.3) is 5.91 Å². The second-order valence-electron chi connectivity index (χ2n) is 9.27. The number of nitrogens with one attached hydrogen (secondary N) is 2. The molecule has 3 aromatic rings. The molecule has 1 aromatic heterocycles. The number of rotatable bonds is 8. The van der Waals surface area contributed by atoms with E-state index in [1.54, 1.807) is 20.8 Å². The number of aliphatic hydroxyl groups is 2. The maximum absolute atomic E-state index is 14.9. The zero-order valence-corrected chi connectivity index (χ0v) is 20.2. The summed E-state index contributed by atoms with van der Waals surface area (Å²) in [4.78, 5) is 26.0. The van der Waals surface area contributed by atoms with Gasteiger partial charge in [0.15, 0.2) is 11.5 Å². The highest BCUT2D eigenvalue weighted by Crippen LogP contribution is 2.28. The molecular weight excluding hydrogens is 482 g/mol. The fraction of sp³-hybridized carbons (Fsp3) is 0.375. The molecule has 3 rings (SSSR count). The van der Waals surface area contributed by atoms with Crippen LogP contribution in [0.25, 0.3) is 10.9 Å². The summed E-state index contributed by atoms with van der Waals surface area (Å²) in [7, 11) is 0. The van der Waals surface area contributed by atoms with Gasteiger partial charge in [-0.3, -0.25) is 14.3 Å². The molecule has 188 valence electrons. The van der Waals surface area contributed by atoms with Crippen molar-refractivity contribution >= 4 is 34.3 Å². The van der Waals surface area contributed by atoms with Gasteiger partial charge < -0.3 is 20.8 Å². The zero-order valence-electron chi connectivity index (χ0n) is 19.5. The quantitative estimate of drug-likeness (QED) is 0.373. The molecular formula is C24H27ClF2N4O4. The van der Waals surface area contributed by atoms with Gasteiger partial charge in [-0.25, -0.2) is 8.78 Å². The van der Waals surface area contributed by atoms with E-state index in [0.29, 0.717) is 5.56 Å². The van der Waals surface area contributed by atoms with Crippen LogP contribution in [0.1, 0.15) is 36.8 Å². The highest BCUT2D eigenvalue weighted by Gasteiger charge is 2.34. The third-order valence-electron chi connectivity index (χ3n) is 5.35. The molecule has 35 heavy (non-hydrogen) atoms. The average Bonchev–Trinajstić information content (AvgIpc) is 3.14. The topological polar surface area (TPSA) is 116 Å². The standard InChI is InChI=1S/C24H27ClF2N4O4/c1-24(2,3)21(23(35)28-10-16(33)12-32)29-22(34)19-17-8-14(25)9-18(27)20(17)31(30-19)11-13-4-6-15(26)7-5-13/h4-9,16,21,32-33H,10-12H2,1-3H3,(H,28,35)(H,29,34)/t16-,21+/m0/s1. The van der Waals surface area contributed by atoms with E-state index < -0.39 is 47.6 Å². The van der Waals surface area contributed by atoms with Crippen LogP contribution in [0, 0.1) is 17.0 Å². The number of nitrogens with zero attached hydrogens (tertiary/aromatic N) is 2. The van der Waals surface area contributed by atoms with Crippen molar-refractivity contribution in [1.82, 2.24) is 20.4 Å². The average molecular weight is 509 g/mol. The van der Waals surface area contributed by atoms with E-state index in [4.69, 9.17) is 16.7 Å². The Kier molecular flexibility index (Phi) is 8.09. The second-order valence-corrected chi connectivity index (χ2v) is 9.71. The number of carbonyl (C=O) groups excluding carboxylic acids is 2. The van der Waals surface area contributed by atoms with Crippen LogP contribution in [-0.4, -0.2) is 57.1 Å². The summed E-state index contributed by atoms with van der Waals surface area (Å²) in [6.07, 6.45) is -1.15. The van der Waals surface area contributed by atoms with Gasteiger partial charge in [0.1, 0.15) is 17.4 Å². The molecule has 0 aliphatic heterocycles. The third kappa shape index (κ3) is 6.33. The van der Waals surface area contributed by atoms with Crippen molar-refractivity contribution in [3.63, 3.8) is 0 Å². The lowest BCUT2D eigenvalue weighted by Crippen LogP contribution is -2.54. The van der Waals surface area contributed by atoms with Crippen LogP contribution in [0.3, 0.4) is 0 Å². The minimum Gasteiger partial charge on any atom is -0.394 e. The van der Waals surface area contributed by atoms with Gasteiger partial charge in [0.2, 0.25) is 5.91 Å². The number of aromatic nitrogens is 2. The Labute approximate surface area is 205 Å². The maximum Gasteiger partial charge on any atom is 0.273 e. The summed E-state index contributed by atoms with van der Waals surface area (Å²) in [6, 6.07) is 7.06. The molecule has 8 nitrogen and oxygen atoms in total. The first-order valence-corrected chi connectivity index (χ1v) is 11.3. The Morgan fingerprint density at radius 1 is 1.17 bits per heavy atom. The Morgan fingerprint density at radius 3 is 2.43 bits per heavy atom. The van der Waals surface area contributed by atoms with Crippen LogP contribution in [0.2, 0.25) is 5.02 Å². The molecule has 0 saturated carbocycles. The van der Waals surface area contributed by atoms with E-state index in [-0.39, 0.29) is 34.7 Å². The fourth-order valence-electron chi connectivity index (χ4n) is 3.54. The molecule has 0 fully saturated rings. The number of carbonyl (C=O) groups is 2. The van der Waals surface area contributed by atoms with Gasteiger partial charge in [-0.05, 0) is 35.2 Å². The summed E-state index contributed by atoms with van der Waals surface area (Å²) < 4.78 is 29.5. The lowest BCUT2D eigenvalue weighted by molar-refractivity contribution is -0.125. The van der Waals surface area contributed by atoms with E-state index in [0.717, 1.165) is 6.07 Å².